The van der Waals surface area contributed by atoms with Gasteiger partial charge >= 0.3 is 296 Å². The molecule has 15 rings (SSSR count). The molecule has 30 nitrogen and oxygen atoms in total. The van der Waals surface area contributed by atoms with E-state index >= 15 is 0 Å². The molecule has 0 N–H and O–H groups in total. The van der Waals surface area contributed by atoms with Gasteiger partial charge in [-0.05, 0) is 155 Å². The number of carbonyl (C=O) groups is 10. The van der Waals surface area contributed by atoms with E-state index in [1.54, 1.807) is 0 Å². The second-order valence-corrected chi connectivity index (χ2v) is 23.4. The molecule has 0 aromatic heterocycles. The van der Waals surface area contributed by atoms with Crippen LogP contribution in [0.3, 0.4) is 0 Å². The Bertz CT molecular complexity index is 1830. The van der Waals surface area contributed by atoms with Gasteiger partial charge in [-0.25, -0.2) is 0 Å². The Morgan fingerprint density at radius 3 is 0.305 bits per heavy atom. The van der Waals surface area contributed by atoms with Crippen molar-refractivity contribution in [2.75, 3.05) is 66.1 Å². The molecule has 0 spiro atoms. The molecule has 40 heteroatoms. The Labute approximate surface area is 771 Å². The first-order valence-electron chi connectivity index (χ1n) is 28.4. The molecule has 0 radical (unpaired) electrons. The van der Waals surface area contributed by atoms with E-state index in [4.69, 9.17) is 47.4 Å². The number of hydrogen-bond acceptors (Lipinski definition) is 30. The topological polar surface area (TPSA) is 494 Å². The van der Waals surface area contributed by atoms with Crippen LogP contribution >= 0.6 is 0 Å². The van der Waals surface area contributed by atoms with Crippen LogP contribution in [0.2, 0.25) is 0 Å². The van der Waals surface area contributed by atoms with Crippen molar-refractivity contribution in [1.82, 2.24) is 0 Å². The van der Waals surface area contributed by atoms with Gasteiger partial charge in [-0.2, -0.15) is 0 Å². The summed E-state index contributed by atoms with van der Waals surface area (Å²) in [6.45, 7) is -9.58. The van der Waals surface area contributed by atoms with Crippen LogP contribution in [0.25, 0.3) is 0 Å². The van der Waals surface area contributed by atoms with Gasteiger partial charge in [0, 0.05) is 0 Å². The van der Waals surface area contributed by atoms with Crippen LogP contribution < -0.4 is 347 Å². The molecular formula is C55H70Na10O30. The van der Waals surface area contributed by atoms with Crippen molar-refractivity contribution in [1.29, 1.82) is 0 Å². The van der Waals surface area contributed by atoms with E-state index < -0.39 is 246 Å². The minimum atomic E-state index is -1.63. The summed E-state index contributed by atoms with van der Waals surface area (Å²) in [5.74, 6) is -24.1. The van der Waals surface area contributed by atoms with Gasteiger partial charge in [-0.3, -0.25) is 0 Å². The van der Waals surface area contributed by atoms with Crippen molar-refractivity contribution >= 4 is 59.7 Å². The average molecular weight is 1440 g/mol. The van der Waals surface area contributed by atoms with Crippen molar-refractivity contribution in [3.63, 3.8) is 0 Å². The number of hydrogen-bond donors (Lipinski definition) is 0. The average Bonchev–Trinajstić information content (AvgIpc) is 0.974. The molecule has 15 aliphatic rings. The number of rotatable bonds is 30. The van der Waals surface area contributed by atoms with Crippen LogP contribution in [0, 0.1) is 59.2 Å². The summed E-state index contributed by atoms with van der Waals surface area (Å²) in [6, 6.07) is 0. The van der Waals surface area contributed by atoms with E-state index in [1.807, 2.05) is 0 Å². The summed E-state index contributed by atoms with van der Waals surface area (Å²) in [5, 5.41) is 120. The van der Waals surface area contributed by atoms with Crippen LogP contribution in [0.5, 0.6) is 0 Å². The molecule has 15 aliphatic carbocycles. The van der Waals surface area contributed by atoms with Crippen molar-refractivity contribution in [3.05, 3.63) is 0 Å². The number of carboxylic acid groups (broad SMARTS) is 10. The molecule has 20 atom stereocenters. The van der Waals surface area contributed by atoms with Gasteiger partial charge in [0.1, 0.15) is 0 Å². The Morgan fingerprint density at radius 1 is 0.168 bits per heavy atom. The summed E-state index contributed by atoms with van der Waals surface area (Å²) in [4.78, 5) is 120. The first kappa shape index (κ1) is 108. The summed E-state index contributed by atoms with van der Waals surface area (Å²) >= 11 is 0. The summed E-state index contributed by atoms with van der Waals surface area (Å²) in [7, 11) is 0. The molecular weight excluding hydrogens is 1370 g/mol. The Morgan fingerprint density at radius 2 is 0.242 bits per heavy atom. The van der Waals surface area contributed by atoms with E-state index in [1.165, 1.54) is 0 Å². The first-order valence-corrected chi connectivity index (χ1v) is 28.4. The van der Waals surface area contributed by atoms with Gasteiger partial charge in [0.2, 0.25) is 0 Å². The normalized spacial score (nSPS) is 31.4. The van der Waals surface area contributed by atoms with Crippen molar-refractivity contribution in [2.24, 2.45) is 59.2 Å². The number of carboxylic acids is 10. The van der Waals surface area contributed by atoms with Crippen LogP contribution in [-0.2, 0) is 95.3 Å². The molecule has 0 amide bonds. The van der Waals surface area contributed by atoms with Crippen molar-refractivity contribution < 1.29 is 442 Å². The largest absolute Gasteiger partial charge is 1.00 e. The van der Waals surface area contributed by atoms with E-state index in [9.17, 15) is 99.0 Å². The molecule has 0 aromatic carbocycles. The summed E-state index contributed by atoms with van der Waals surface area (Å²) < 4.78 is 60.0. The van der Waals surface area contributed by atoms with Crippen molar-refractivity contribution in [3.8, 4) is 0 Å². The zero-order valence-electron chi connectivity index (χ0n) is 56.5. The zero-order valence-corrected chi connectivity index (χ0v) is 76.5. The van der Waals surface area contributed by atoms with Gasteiger partial charge in [0.05, 0.1) is 187 Å². The predicted molar refractivity (Wildman–Crippen MR) is 252 cm³/mol. The third kappa shape index (κ3) is 38.3. The Balaban J connectivity index is -0.00000270. The smallest absolute Gasteiger partial charge is 0.548 e. The van der Waals surface area contributed by atoms with E-state index in [-0.39, 0.29) is 392 Å². The van der Waals surface area contributed by atoms with Crippen molar-refractivity contribution in [2.45, 2.75) is 157 Å². The summed E-state index contributed by atoms with van der Waals surface area (Å²) in [6.07, 6.45) is -11.4. The van der Waals surface area contributed by atoms with Crippen LogP contribution in [-0.4, -0.2) is 187 Å². The third-order valence-electron chi connectivity index (χ3n) is 17.8. The third-order valence-corrected chi connectivity index (χ3v) is 17.8. The fraction of sp³-hybridized carbons (Fsp3) is 0.818. The first-order chi connectivity index (χ1) is 40.3. The molecule has 0 saturated heterocycles. The SMILES string of the molecule is O=C([O-])COC1CC2CC3CC(OCC(=O)[O-])C(CC4CC(OCC(=O)[O-])C(CC5CC(OCC(=O)[O-])C(CC6CC(OCC(=O)[O-])C(CC1CC2OCC(=O)[O-])CC6OCC(=O)[O-])CC5OCC(=O)[O-])CC4OCC(=O)[O-])CC3OCC(=O)[O-].[Na+].[Na+].[Na+].[Na+].[Na+].[Na+].[Na+].[Na+].[Na+].[Na+]. The monoisotopic (exact) mass is 1440 g/mol. The number of carbonyl (C=O) groups excluding carboxylic acids is 10. The van der Waals surface area contributed by atoms with Crippen LogP contribution in [0.1, 0.15) is 96.3 Å². The van der Waals surface area contributed by atoms with E-state index in [2.05, 4.69) is 0 Å². The molecule has 20 unspecified atom stereocenters. The fourth-order valence-corrected chi connectivity index (χ4v) is 14.6. The maximum atomic E-state index is 12.0. The van der Waals surface area contributed by atoms with Gasteiger partial charge in [0.25, 0.3) is 0 Å². The fourth-order valence-electron chi connectivity index (χ4n) is 14.6. The Kier molecular flexibility index (Phi) is 63.2. The molecule has 95 heavy (non-hydrogen) atoms. The predicted octanol–water partition coefficient (Wildman–Crippen LogP) is -41.5. The summed E-state index contributed by atoms with van der Waals surface area (Å²) in [5.41, 5.74) is 0. The quantitative estimate of drug-likeness (QED) is 0.0603. The second kappa shape index (κ2) is 55.7. The molecule has 0 heterocycles. The Hall–Kier alpha value is 4.30. The van der Waals surface area contributed by atoms with Gasteiger partial charge in [0.15, 0.2) is 0 Å². The van der Waals surface area contributed by atoms with Crippen LogP contribution in [0.4, 0.5) is 0 Å². The molecule has 15 saturated carbocycles. The minimum absolute atomic E-state index is 0. The van der Waals surface area contributed by atoms with E-state index in [0.717, 1.165) is 0 Å². The maximum Gasteiger partial charge on any atom is 1.00 e. The van der Waals surface area contributed by atoms with Gasteiger partial charge in [-0.15, -0.1) is 0 Å². The molecule has 0 aliphatic heterocycles. The van der Waals surface area contributed by atoms with E-state index in [0.29, 0.717) is 0 Å². The molecule has 480 valence electrons. The number of ether oxygens (including phenoxy) is 10. The second-order valence-electron chi connectivity index (χ2n) is 23.4. The minimum Gasteiger partial charge on any atom is -0.548 e. The molecule has 15 fully saturated rings. The maximum absolute atomic E-state index is 12.0. The molecule has 10 bridgehead atoms. The van der Waals surface area contributed by atoms with Crippen LogP contribution in [0.15, 0.2) is 0 Å². The molecule has 0 aromatic rings. The number of aliphatic carboxylic acids is 10. The zero-order chi connectivity index (χ0) is 62.1. The van der Waals surface area contributed by atoms with Gasteiger partial charge in [-0.1, -0.05) is 0 Å². The van der Waals surface area contributed by atoms with Gasteiger partial charge < -0.3 is 146 Å². The standard InChI is InChI=1S/C55H80O30.10Na/c56-46(57)16-76-36-8-28-2-30-10-42(82-22-52(68)69)32(12-40(30)80-20-50(64)65)4-34-14-45(85-25-55(74)75)35(15-44(34)84-24-54(72)73)5-33-13-41(81-21-51(66)67)31(11-43(33)83-23-53(70)71)3-29-9-37(77-17-47(58)59)27(7-39(29)79-19-49(62)63)1-26(36)6-38(28)78-18-48(60)61;;;;;;;;;;/h26-45H,1-25H2,(H,56,57)(H,58,59)(H,60,61)(H,62,63)(H,64,65)(H,66,67)(H,68,69)(H,70,71)(H,72,73)(H,74,75);;;;;;;;;;/q;10*+1/p-10.